The number of aromatic nitrogens is 3. The molecule has 3 aromatic rings. The summed E-state index contributed by atoms with van der Waals surface area (Å²) in [5.74, 6) is -0.0993. The van der Waals surface area contributed by atoms with Crippen LogP contribution >= 0.6 is 34.4 Å². The van der Waals surface area contributed by atoms with Gasteiger partial charge in [-0.2, -0.15) is 0 Å². The lowest BCUT2D eigenvalue weighted by atomic mass is 10.1. The largest absolute Gasteiger partial charge is 0.465 e. The van der Waals surface area contributed by atoms with Gasteiger partial charge in [-0.05, 0) is 24.3 Å². The van der Waals surface area contributed by atoms with Gasteiger partial charge in [-0.15, -0.1) is 32.9 Å². The van der Waals surface area contributed by atoms with Crippen molar-refractivity contribution in [2.75, 3.05) is 26.6 Å². The third kappa shape index (κ3) is 4.53. The fourth-order valence-electron chi connectivity index (χ4n) is 3.48. The van der Waals surface area contributed by atoms with Crippen LogP contribution in [0.3, 0.4) is 0 Å². The summed E-state index contributed by atoms with van der Waals surface area (Å²) in [4.78, 5) is 25.9. The first kappa shape index (κ1) is 22.8. The van der Waals surface area contributed by atoms with E-state index in [1.54, 1.807) is 11.3 Å². The Labute approximate surface area is 196 Å². The number of anilines is 1. The van der Waals surface area contributed by atoms with Crippen LogP contribution in [0.4, 0.5) is 5.00 Å². The number of carbonyl (C=O) groups is 2. The van der Waals surface area contributed by atoms with Gasteiger partial charge in [0.25, 0.3) is 0 Å². The minimum absolute atomic E-state index is 0.0946. The van der Waals surface area contributed by atoms with Crippen LogP contribution in [-0.4, -0.2) is 53.6 Å². The number of thioether (sulfide) groups is 1. The van der Waals surface area contributed by atoms with Crippen LogP contribution in [0.25, 0.3) is 10.7 Å². The number of carbonyl (C=O) groups excluding carboxylic acids is 2. The van der Waals surface area contributed by atoms with E-state index < -0.39 is 11.9 Å². The molecule has 2 N–H and O–H groups in total. The summed E-state index contributed by atoms with van der Waals surface area (Å²) >= 11 is 3.97. The third-order valence-corrected chi connectivity index (χ3v) is 7.91. The van der Waals surface area contributed by atoms with Crippen LogP contribution in [0.5, 0.6) is 0 Å². The zero-order valence-corrected chi connectivity index (χ0v) is 20.0. The first-order valence-electron chi connectivity index (χ1n) is 9.82. The van der Waals surface area contributed by atoms with Gasteiger partial charge in [-0.1, -0.05) is 17.8 Å². The fraction of sp³-hybridized carbons (Fsp3) is 0.400. The predicted octanol–water partition coefficient (Wildman–Crippen LogP) is 3.69. The van der Waals surface area contributed by atoms with Gasteiger partial charge in [0.1, 0.15) is 9.88 Å². The maximum atomic E-state index is 12.3. The molecular weight excluding hydrogens is 472 g/mol. The molecule has 0 saturated carbocycles. The topological polar surface area (TPSA) is 119 Å². The zero-order valence-electron chi connectivity index (χ0n) is 17.5. The lowest BCUT2D eigenvalue weighted by Crippen LogP contribution is -2.16. The molecule has 9 nitrogen and oxygen atoms in total. The van der Waals surface area contributed by atoms with E-state index in [1.807, 2.05) is 22.1 Å². The van der Waals surface area contributed by atoms with E-state index in [2.05, 4.69) is 10.2 Å². The number of hydrogen-bond acceptors (Lipinski definition) is 11. The summed E-state index contributed by atoms with van der Waals surface area (Å²) < 4.78 is 17.6. The standard InChI is InChI=1S/C20H22N4O5S3/c1-27-18(25)14-12(15(19(26)28-2)32-16(14)21)10-31-20-23-22-17(13-6-4-8-30-13)24(20)9-11-5-3-7-29-11/h4,6,8,11H,3,5,7,9-10,21H2,1-2H3/t11-/m1/s1. The van der Waals surface area contributed by atoms with E-state index in [0.717, 1.165) is 41.5 Å². The number of thiophene rings is 2. The molecule has 1 aliphatic rings. The molecule has 0 radical (unpaired) electrons. The van der Waals surface area contributed by atoms with Gasteiger partial charge in [0, 0.05) is 17.9 Å². The Morgan fingerprint density at radius 3 is 2.78 bits per heavy atom. The van der Waals surface area contributed by atoms with Crippen LogP contribution in [0.1, 0.15) is 38.4 Å². The molecule has 170 valence electrons. The number of hydrogen-bond donors (Lipinski definition) is 1. The van der Waals surface area contributed by atoms with Crippen molar-refractivity contribution in [1.29, 1.82) is 0 Å². The van der Waals surface area contributed by atoms with Crippen molar-refractivity contribution in [1.82, 2.24) is 14.8 Å². The SMILES string of the molecule is COC(=O)c1sc(N)c(C(=O)OC)c1CSc1nnc(-c2cccs2)n1C[C@H]1CCCO1. The van der Waals surface area contributed by atoms with Crippen molar-refractivity contribution in [3.05, 3.63) is 33.5 Å². The van der Waals surface area contributed by atoms with Gasteiger partial charge in [0.2, 0.25) is 0 Å². The van der Waals surface area contributed by atoms with Crippen LogP contribution < -0.4 is 5.73 Å². The predicted molar refractivity (Wildman–Crippen MR) is 123 cm³/mol. The lowest BCUT2D eigenvalue weighted by Gasteiger charge is -2.14. The molecule has 3 aromatic heterocycles. The minimum atomic E-state index is -0.593. The summed E-state index contributed by atoms with van der Waals surface area (Å²) in [7, 11) is 2.57. The third-order valence-electron chi connectivity index (χ3n) is 5.01. The average Bonchev–Trinajstić information content (AvgIpc) is 3.59. The van der Waals surface area contributed by atoms with Crippen molar-refractivity contribution in [3.63, 3.8) is 0 Å². The van der Waals surface area contributed by atoms with Crippen LogP contribution in [-0.2, 0) is 26.5 Å². The highest BCUT2D eigenvalue weighted by Crippen LogP contribution is 2.37. The maximum absolute atomic E-state index is 12.3. The second-order valence-corrected chi connectivity index (χ2v) is 9.89. The highest BCUT2D eigenvalue weighted by atomic mass is 32.2. The van der Waals surface area contributed by atoms with Crippen molar-refractivity contribution >= 4 is 51.4 Å². The van der Waals surface area contributed by atoms with Gasteiger partial charge >= 0.3 is 11.9 Å². The normalized spacial score (nSPS) is 15.8. The first-order chi connectivity index (χ1) is 15.5. The molecule has 0 amide bonds. The Kier molecular flexibility index (Phi) is 7.13. The van der Waals surface area contributed by atoms with Crippen molar-refractivity contribution in [2.45, 2.75) is 36.4 Å². The summed E-state index contributed by atoms with van der Waals surface area (Å²) in [6, 6.07) is 3.97. The minimum Gasteiger partial charge on any atom is -0.465 e. The number of nitrogens with zero attached hydrogens (tertiary/aromatic N) is 3. The highest BCUT2D eigenvalue weighted by molar-refractivity contribution is 7.98. The van der Waals surface area contributed by atoms with Gasteiger partial charge in [0.05, 0.1) is 37.3 Å². The Hall–Kier alpha value is -2.41. The molecule has 4 heterocycles. The van der Waals surface area contributed by atoms with E-state index in [-0.39, 0.29) is 27.3 Å². The first-order valence-corrected chi connectivity index (χ1v) is 12.5. The van der Waals surface area contributed by atoms with E-state index in [0.29, 0.717) is 17.3 Å². The van der Waals surface area contributed by atoms with Crippen LogP contribution in [0.15, 0.2) is 22.7 Å². The second-order valence-electron chi connectivity index (χ2n) is 6.95. The summed E-state index contributed by atoms with van der Waals surface area (Å²) in [6.45, 7) is 1.38. The van der Waals surface area contributed by atoms with Crippen LogP contribution in [0.2, 0.25) is 0 Å². The molecule has 0 aromatic carbocycles. The zero-order chi connectivity index (χ0) is 22.7. The number of esters is 2. The van der Waals surface area contributed by atoms with E-state index in [1.165, 1.54) is 26.0 Å². The molecule has 1 atom stereocenters. The van der Waals surface area contributed by atoms with Crippen molar-refractivity contribution in [3.8, 4) is 10.7 Å². The number of methoxy groups -OCH3 is 2. The quantitative estimate of drug-likeness (QED) is 0.369. The van der Waals surface area contributed by atoms with E-state index in [4.69, 9.17) is 19.9 Å². The van der Waals surface area contributed by atoms with Gasteiger partial charge in [0.15, 0.2) is 11.0 Å². The summed E-state index contributed by atoms with van der Waals surface area (Å²) in [6.07, 6.45) is 2.10. The van der Waals surface area contributed by atoms with Gasteiger partial charge in [-0.25, -0.2) is 9.59 Å². The molecule has 12 heteroatoms. The Morgan fingerprint density at radius 2 is 2.12 bits per heavy atom. The Balaban J connectivity index is 1.66. The number of nitrogen functional groups attached to an aromatic ring is 1. The molecule has 32 heavy (non-hydrogen) atoms. The maximum Gasteiger partial charge on any atom is 0.348 e. The van der Waals surface area contributed by atoms with Gasteiger partial charge < -0.3 is 19.9 Å². The molecule has 0 unspecified atom stereocenters. The number of ether oxygens (including phenoxy) is 3. The van der Waals surface area contributed by atoms with Crippen molar-refractivity contribution < 1.29 is 23.8 Å². The smallest absolute Gasteiger partial charge is 0.348 e. The molecule has 1 aliphatic heterocycles. The molecule has 0 bridgehead atoms. The highest BCUT2D eigenvalue weighted by Gasteiger charge is 2.28. The monoisotopic (exact) mass is 494 g/mol. The number of nitrogens with two attached hydrogens (primary N) is 1. The molecule has 0 aliphatic carbocycles. The molecule has 1 fully saturated rings. The second kappa shape index (κ2) is 10.0. The molecule has 0 spiro atoms. The fourth-order valence-corrected chi connectivity index (χ4v) is 6.26. The van der Waals surface area contributed by atoms with Gasteiger partial charge in [-0.3, -0.25) is 4.57 Å². The van der Waals surface area contributed by atoms with Crippen molar-refractivity contribution in [2.24, 2.45) is 0 Å². The lowest BCUT2D eigenvalue weighted by molar-refractivity contribution is 0.0601. The number of rotatable bonds is 8. The van der Waals surface area contributed by atoms with E-state index >= 15 is 0 Å². The summed E-state index contributed by atoms with van der Waals surface area (Å²) in [5.41, 5.74) is 6.70. The molecular formula is C20H22N4O5S3. The summed E-state index contributed by atoms with van der Waals surface area (Å²) in [5, 5.41) is 11.7. The van der Waals surface area contributed by atoms with E-state index in [9.17, 15) is 9.59 Å². The average molecular weight is 495 g/mol. The Bertz CT molecular complexity index is 1100. The molecule has 4 rings (SSSR count). The Morgan fingerprint density at radius 1 is 1.31 bits per heavy atom. The van der Waals surface area contributed by atoms with Crippen LogP contribution in [0, 0.1) is 0 Å². The molecule has 1 saturated heterocycles.